The fourth-order valence-corrected chi connectivity index (χ4v) is 2.67. The number of rotatable bonds is 6. The summed E-state index contributed by atoms with van der Waals surface area (Å²) in [6.45, 7) is 4.46. The molecule has 6 nitrogen and oxygen atoms in total. The number of nitrogens with zero attached hydrogens (tertiary/aromatic N) is 4. The highest BCUT2D eigenvalue weighted by atomic mass is 32.1. The minimum atomic E-state index is 0.517. The molecule has 3 aromatic rings. The van der Waals surface area contributed by atoms with E-state index < -0.39 is 0 Å². The second-order valence-corrected chi connectivity index (χ2v) is 5.75. The molecule has 0 amide bonds. The number of furan rings is 1. The highest BCUT2D eigenvalue weighted by Crippen LogP contribution is 2.14. The normalized spacial score (nSPS) is 11.1. The molecular weight excluding hydrogens is 274 g/mol. The van der Waals surface area contributed by atoms with E-state index in [2.05, 4.69) is 39.8 Å². The Kier molecular flexibility index (Phi) is 3.89. The molecule has 0 saturated carbocycles. The molecule has 0 saturated heterocycles. The summed E-state index contributed by atoms with van der Waals surface area (Å²) in [7, 11) is 0. The molecule has 3 aromatic heterocycles. The number of aromatic nitrogens is 4. The van der Waals surface area contributed by atoms with Crippen molar-refractivity contribution in [3.63, 3.8) is 0 Å². The maximum absolute atomic E-state index is 5.23. The van der Waals surface area contributed by atoms with Crippen molar-refractivity contribution in [1.29, 1.82) is 0 Å². The smallest absolute Gasteiger partial charge is 0.240 e. The van der Waals surface area contributed by atoms with Gasteiger partial charge in [0.2, 0.25) is 5.82 Å². The quantitative estimate of drug-likeness (QED) is 0.704. The number of thiophene rings is 1. The van der Waals surface area contributed by atoms with Gasteiger partial charge < -0.3 is 9.73 Å². The zero-order chi connectivity index (χ0) is 13.8. The summed E-state index contributed by atoms with van der Waals surface area (Å²) >= 11 is 1.81. The van der Waals surface area contributed by atoms with Gasteiger partial charge in [0.15, 0.2) is 5.76 Å². The molecular formula is C13H15N5OS. The van der Waals surface area contributed by atoms with E-state index in [0.717, 1.165) is 13.1 Å². The van der Waals surface area contributed by atoms with Gasteiger partial charge in [-0.25, -0.2) is 0 Å². The Morgan fingerprint density at radius 1 is 1.35 bits per heavy atom. The van der Waals surface area contributed by atoms with Gasteiger partial charge in [-0.3, -0.25) is 0 Å². The van der Waals surface area contributed by atoms with E-state index in [1.807, 2.05) is 17.4 Å². The van der Waals surface area contributed by atoms with Crippen LogP contribution in [0.2, 0.25) is 0 Å². The zero-order valence-corrected chi connectivity index (χ0v) is 11.9. The molecule has 0 bridgehead atoms. The number of aryl methyl sites for hydroxylation is 1. The molecule has 7 heteroatoms. The van der Waals surface area contributed by atoms with Crippen LogP contribution >= 0.6 is 11.3 Å². The van der Waals surface area contributed by atoms with Crippen LogP contribution in [-0.4, -0.2) is 26.8 Å². The van der Waals surface area contributed by atoms with E-state index in [1.165, 1.54) is 9.75 Å². The van der Waals surface area contributed by atoms with Crippen LogP contribution in [0.3, 0.4) is 0 Å². The van der Waals surface area contributed by atoms with E-state index in [1.54, 1.807) is 17.1 Å². The highest BCUT2D eigenvalue weighted by molar-refractivity contribution is 7.11. The van der Waals surface area contributed by atoms with Crippen LogP contribution in [0, 0.1) is 6.92 Å². The van der Waals surface area contributed by atoms with Gasteiger partial charge in [-0.15, -0.1) is 21.5 Å². The van der Waals surface area contributed by atoms with Crippen molar-refractivity contribution in [2.45, 2.75) is 20.0 Å². The summed E-state index contributed by atoms with van der Waals surface area (Å²) in [5.74, 6) is 1.15. The number of hydrogen-bond donors (Lipinski definition) is 1. The monoisotopic (exact) mass is 289 g/mol. The second kappa shape index (κ2) is 5.98. The fraction of sp³-hybridized carbons (Fsp3) is 0.308. The van der Waals surface area contributed by atoms with Crippen molar-refractivity contribution in [1.82, 2.24) is 25.5 Å². The average molecular weight is 289 g/mol. The Bertz CT molecular complexity index is 658. The number of tetrazole rings is 1. The minimum absolute atomic E-state index is 0.517. The topological polar surface area (TPSA) is 68.8 Å². The summed E-state index contributed by atoms with van der Waals surface area (Å²) in [5.41, 5.74) is 0. The maximum atomic E-state index is 5.23. The maximum Gasteiger partial charge on any atom is 0.240 e. The summed E-state index contributed by atoms with van der Waals surface area (Å²) in [6.07, 6.45) is 1.60. The van der Waals surface area contributed by atoms with Crippen molar-refractivity contribution in [2.75, 3.05) is 6.54 Å². The van der Waals surface area contributed by atoms with Crippen LogP contribution in [0.1, 0.15) is 9.75 Å². The molecule has 3 heterocycles. The van der Waals surface area contributed by atoms with E-state index in [4.69, 9.17) is 4.42 Å². The van der Waals surface area contributed by atoms with E-state index in [-0.39, 0.29) is 0 Å². The molecule has 0 aromatic carbocycles. The lowest BCUT2D eigenvalue weighted by Crippen LogP contribution is -2.20. The first kappa shape index (κ1) is 13.0. The molecule has 0 unspecified atom stereocenters. The van der Waals surface area contributed by atoms with Gasteiger partial charge in [-0.2, -0.15) is 4.80 Å². The molecule has 0 aliphatic carbocycles. The van der Waals surface area contributed by atoms with Crippen LogP contribution in [0.5, 0.6) is 0 Å². The standard InChI is InChI=1S/C13H15N5OS/c1-10-4-5-11(20-10)9-14-6-7-18-16-13(15-17-18)12-3-2-8-19-12/h2-5,8,14H,6-7,9H2,1H3. The highest BCUT2D eigenvalue weighted by Gasteiger charge is 2.07. The Balaban J connectivity index is 1.47. The summed E-state index contributed by atoms with van der Waals surface area (Å²) in [6, 6.07) is 7.91. The Hall–Kier alpha value is -1.99. The first-order chi connectivity index (χ1) is 9.81. The van der Waals surface area contributed by atoms with Crippen molar-refractivity contribution >= 4 is 11.3 Å². The van der Waals surface area contributed by atoms with Crippen LogP contribution in [0.15, 0.2) is 34.9 Å². The van der Waals surface area contributed by atoms with Crippen molar-refractivity contribution in [3.8, 4) is 11.6 Å². The number of nitrogens with one attached hydrogen (secondary N) is 1. The molecule has 20 heavy (non-hydrogen) atoms. The summed E-state index contributed by atoms with van der Waals surface area (Å²) < 4.78 is 5.23. The van der Waals surface area contributed by atoms with Crippen molar-refractivity contribution in [2.24, 2.45) is 0 Å². The first-order valence-corrected chi connectivity index (χ1v) is 7.20. The largest absolute Gasteiger partial charge is 0.461 e. The van der Waals surface area contributed by atoms with Gasteiger partial charge in [0.25, 0.3) is 0 Å². The summed E-state index contributed by atoms with van der Waals surface area (Å²) in [4.78, 5) is 4.25. The molecule has 0 fully saturated rings. The first-order valence-electron chi connectivity index (χ1n) is 6.39. The predicted molar refractivity (Wildman–Crippen MR) is 76.3 cm³/mol. The van der Waals surface area contributed by atoms with E-state index >= 15 is 0 Å². The van der Waals surface area contributed by atoms with Gasteiger partial charge in [0.1, 0.15) is 0 Å². The SMILES string of the molecule is Cc1ccc(CNCCn2nnc(-c3ccco3)n2)s1. The lowest BCUT2D eigenvalue weighted by atomic mass is 10.4. The van der Waals surface area contributed by atoms with E-state index in [0.29, 0.717) is 18.1 Å². The fourth-order valence-electron chi connectivity index (χ4n) is 1.81. The Morgan fingerprint density at radius 3 is 3.05 bits per heavy atom. The molecule has 0 spiro atoms. The van der Waals surface area contributed by atoms with Gasteiger partial charge >= 0.3 is 0 Å². The van der Waals surface area contributed by atoms with Crippen LogP contribution in [-0.2, 0) is 13.1 Å². The molecule has 0 radical (unpaired) electrons. The van der Waals surface area contributed by atoms with Gasteiger partial charge in [-0.05, 0) is 36.4 Å². The van der Waals surface area contributed by atoms with Crippen LogP contribution in [0.4, 0.5) is 0 Å². The van der Waals surface area contributed by atoms with E-state index in [9.17, 15) is 0 Å². The molecule has 1 N–H and O–H groups in total. The third-order valence-corrected chi connectivity index (χ3v) is 3.78. The lowest BCUT2D eigenvalue weighted by Gasteiger charge is -2.01. The number of hydrogen-bond acceptors (Lipinski definition) is 6. The molecule has 0 aliphatic heterocycles. The predicted octanol–water partition coefficient (Wildman–Crippen LogP) is 2.09. The molecule has 3 rings (SSSR count). The third kappa shape index (κ3) is 3.12. The van der Waals surface area contributed by atoms with Crippen LogP contribution < -0.4 is 5.32 Å². The lowest BCUT2D eigenvalue weighted by molar-refractivity contribution is 0.491. The van der Waals surface area contributed by atoms with Crippen LogP contribution in [0.25, 0.3) is 11.6 Å². The Morgan fingerprint density at radius 2 is 2.30 bits per heavy atom. The minimum Gasteiger partial charge on any atom is -0.461 e. The van der Waals surface area contributed by atoms with Gasteiger partial charge in [-0.1, -0.05) is 0 Å². The zero-order valence-electron chi connectivity index (χ0n) is 11.1. The second-order valence-electron chi connectivity index (χ2n) is 4.38. The molecule has 0 atom stereocenters. The molecule has 104 valence electrons. The third-order valence-electron chi connectivity index (χ3n) is 2.78. The van der Waals surface area contributed by atoms with Gasteiger partial charge in [0.05, 0.1) is 12.8 Å². The Labute approximate surface area is 120 Å². The average Bonchev–Trinajstić information content (AvgIpc) is 3.16. The summed E-state index contributed by atoms with van der Waals surface area (Å²) in [5, 5.41) is 15.6. The van der Waals surface area contributed by atoms with Gasteiger partial charge in [0, 0.05) is 22.8 Å². The van der Waals surface area contributed by atoms with Crippen molar-refractivity contribution in [3.05, 3.63) is 40.3 Å². The molecule has 0 aliphatic rings. The van der Waals surface area contributed by atoms with Crippen molar-refractivity contribution < 1.29 is 4.42 Å².